The Morgan fingerprint density at radius 3 is 2.23 bits per heavy atom. The van der Waals surface area contributed by atoms with Crippen LogP contribution in [0.15, 0.2) is 72.8 Å². The van der Waals surface area contributed by atoms with E-state index in [9.17, 15) is 4.79 Å². The fourth-order valence-corrected chi connectivity index (χ4v) is 4.54. The Morgan fingerprint density at radius 1 is 0.950 bits per heavy atom. The second-order valence-electron chi connectivity index (χ2n) is 9.20. The molecule has 1 aliphatic carbocycles. The van der Waals surface area contributed by atoms with Crippen molar-refractivity contribution in [3.05, 3.63) is 95.1 Å². The van der Waals surface area contributed by atoms with Gasteiger partial charge in [0.25, 0.3) is 0 Å². The zero-order valence-electron chi connectivity index (χ0n) is 24.8. The molecule has 1 heterocycles. The summed E-state index contributed by atoms with van der Waals surface area (Å²) in [4.78, 5) is 20.0. The van der Waals surface area contributed by atoms with E-state index in [4.69, 9.17) is 11.2 Å². The van der Waals surface area contributed by atoms with Crippen molar-refractivity contribution in [2.75, 3.05) is 24.9 Å². The number of benzene rings is 3. The third-order valence-corrected chi connectivity index (χ3v) is 6.10. The number of para-hydroxylation sites is 1. The predicted molar refractivity (Wildman–Crippen MR) is 175 cm³/mol. The topological polar surface area (TPSA) is 67.4 Å². The lowest BCUT2D eigenvalue weighted by atomic mass is 9.81. The zero-order chi connectivity index (χ0) is 29.9. The standard InChI is InChI=1S/C21H22N2O.C9H8.C2H6O.C2H6.CH2O.2H2/c1-13-10-16(12-15-6-3-4-7-17(13)15)18-8-5-9-19-21(18)22-14(2)11-20(24)23-19;1-2-6-9-7-4-3-5-8-9;1-3-2;2*1-2;;/h3-9,12-14,22H,10-11H2,1-2H3,(H,23,24);1,3-5,7-8H,6H2;1-2H3;1-2H3;1H2;2*1H/t13?,14-;;;;;;/m1....../s1. The van der Waals surface area contributed by atoms with E-state index in [1.807, 2.05) is 63.1 Å². The molecule has 3 aromatic carbocycles. The maximum atomic E-state index is 12.0. The predicted octanol–water partition coefficient (Wildman–Crippen LogP) is 8.34. The molecule has 1 aliphatic heterocycles. The van der Waals surface area contributed by atoms with E-state index < -0.39 is 0 Å². The van der Waals surface area contributed by atoms with Crippen molar-refractivity contribution in [3.63, 3.8) is 0 Å². The van der Waals surface area contributed by atoms with Gasteiger partial charge in [0.1, 0.15) is 6.79 Å². The summed E-state index contributed by atoms with van der Waals surface area (Å²) in [5, 5.41) is 6.57. The number of amides is 1. The maximum Gasteiger partial charge on any atom is 0.226 e. The van der Waals surface area contributed by atoms with Gasteiger partial charge in [-0.1, -0.05) is 93.6 Å². The molecule has 0 bridgehead atoms. The molecule has 0 aromatic heterocycles. The molecule has 5 rings (SSSR count). The molecule has 0 spiro atoms. The molecule has 3 aromatic rings. The molecule has 2 atom stereocenters. The highest BCUT2D eigenvalue weighted by Crippen LogP contribution is 2.42. The Balaban J connectivity index is 0. The minimum atomic E-state index is 0. The molecule has 5 heteroatoms. The number of anilines is 2. The lowest BCUT2D eigenvalue weighted by molar-refractivity contribution is -0.116. The molecular weight excluding hydrogens is 496 g/mol. The smallest absolute Gasteiger partial charge is 0.226 e. The summed E-state index contributed by atoms with van der Waals surface area (Å²) in [6.45, 7) is 10.3. The third-order valence-electron chi connectivity index (χ3n) is 6.10. The summed E-state index contributed by atoms with van der Waals surface area (Å²) in [5.41, 5.74) is 8.38. The molecule has 5 nitrogen and oxygen atoms in total. The van der Waals surface area contributed by atoms with Crippen LogP contribution < -0.4 is 10.6 Å². The van der Waals surface area contributed by atoms with Crippen LogP contribution in [0.5, 0.6) is 0 Å². The number of carbonyl (C=O) groups is 2. The number of methoxy groups -OCH3 is 1. The summed E-state index contributed by atoms with van der Waals surface area (Å²) in [7, 11) is 3.25. The van der Waals surface area contributed by atoms with E-state index >= 15 is 0 Å². The molecule has 216 valence electrons. The van der Waals surface area contributed by atoms with Crippen molar-refractivity contribution in [2.24, 2.45) is 0 Å². The first-order valence-corrected chi connectivity index (χ1v) is 13.6. The van der Waals surface area contributed by atoms with Gasteiger partial charge in [0, 0.05) is 41.5 Å². The summed E-state index contributed by atoms with van der Waals surface area (Å²) in [6.07, 6.45) is 9.65. The van der Waals surface area contributed by atoms with E-state index in [2.05, 4.69) is 71.5 Å². The van der Waals surface area contributed by atoms with Crippen LogP contribution in [-0.2, 0) is 20.7 Å². The lowest BCUT2D eigenvalue weighted by Crippen LogP contribution is -2.19. The average Bonchev–Trinajstić information content (AvgIpc) is 3.12. The average molecular weight is 545 g/mol. The monoisotopic (exact) mass is 544 g/mol. The second kappa shape index (κ2) is 19.0. The highest BCUT2D eigenvalue weighted by Gasteiger charge is 2.24. The highest BCUT2D eigenvalue weighted by molar-refractivity contribution is 6.00. The molecule has 2 aliphatic rings. The van der Waals surface area contributed by atoms with Gasteiger partial charge >= 0.3 is 0 Å². The fourth-order valence-electron chi connectivity index (χ4n) is 4.54. The molecular formula is C35H48N2O3. The summed E-state index contributed by atoms with van der Waals surface area (Å²) >= 11 is 0. The van der Waals surface area contributed by atoms with Crippen LogP contribution in [0.2, 0.25) is 0 Å². The van der Waals surface area contributed by atoms with Crippen LogP contribution in [0.1, 0.15) is 71.6 Å². The largest absolute Gasteiger partial charge is 0.388 e. The van der Waals surface area contributed by atoms with E-state index in [1.54, 1.807) is 14.2 Å². The van der Waals surface area contributed by atoms with E-state index in [0.717, 1.165) is 24.2 Å². The number of hydrogen-bond donors (Lipinski definition) is 2. The summed E-state index contributed by atoms with van der Waals surface area (Å²) in [6, 6.07) is 24.9. The number of allylic oxidation sites excluding steroid dienone is 1. The number of rotatable bonds is 2. The summed E-state index contributed by atoms with van der Waals surface area (Å²) < 4.78 is 4.25. The SMILES string of the molecule is C#CCc1ccccc1.C=O.CC.CC1CC(c2cccc3c2N[C@H](C)CC(=O)N3)=Cc2ccccc21.COC.[HH].[HH]. The number of hydrogen-bond acceptors (Lipinski definition) is 4. The Kier molecular flexibility index (Phi) is 16.1. The highest BCUT2D eigenvalue weighted by atomic mass is 16.4. The Hall–Kier alpha value is -4.14. The van der Waals surface area contributed by atoms with Gasteiger partial charge in [0.05, 0.1) is 11.4 Å². The fraction of sp³-hybridized carbons (Fsp3) is 0.314. The second-order valence-corrected chi connectivity index (χ2v) is 9.20. The van der Waals surface area contributed by atoms with Crippen molar-refractivity contribution in [3.8, 4) is 12.3 Å². The van der Waals surface area contributed by atoms with E-state index in [1.165, 1.54) is 27.8 Å². The van der Waals surface area contributed by atoms with Crippen LogP contribution in [0.3, 0.4) is 0 Å². The Morgan fingerprint density at radius 2 is 1.57 bits per heavy atom. The van der Waals surface area contributed by atoms with Gasteiger partial charge in [-0.3, -0.25) is 4.79 Å². The van der Waals surface area contributed by atoms with Gasteiger partial charge in [0.2, 0.25) is 5.91 Å². The lowest BCUT2D eigenvalue weighted by Gasteiger charge is -2.25. The minimum absolute atomic E-state index is 0. The molecule has 40 heavy (non-hydrogen) atoms. The molecule has 0 saturated carbocycles. The van der Waals surface area contributed by atoms with Crippen LogP contribution in [0.4, 0.5) is 11.4 Å². The number of ether oxygens (including phenoxy) is 1. The molecule has 0 saturated heterocycles. The Labute approximate surface area is 244 Å². The third kappa shape index (κ3) is 10.2. The van der Waals surface area contributed by atoms with Crippen LogP contribution >= 0.6 is 0 Å². The van der Waals surface area contributed by atoms with E-state index in [0.29, 0.717) is 12.3 Å². The minimum Gasteiger partial charge on any atom is -0.388 e. The van der Waals surface area contributed by atoms with Gasteiger partial charge in [-0.25, -0.2) is 0 Å². The first-order chi connectivity index (χ1) is 19.5. The van der Waals surface area contributed by atoms with Crippen molar-refractivity contribution >= 4 is 35.7 Å². The van der Waals surface area contributed by atoms with Crippen molar-refractivity contribution in [1.82, 2.24) is 0 Å². The molecule has 0 radical (unpaired) electrons. The first kappa shape index (κ1) is 33.9. The van der Waals surface area contributed by atoms with Crippen LogP contribution in [0.25, 0.3) is 11.6 Å². The van der Waals surface area contributed by atoms with Gasteiger partial charge in [-0.05, 0) is 47.6 Å². The van der Waals surface area contributed by atoms with Crippen molar-refractivity contribution < 1.29 is 17.2 Å². The number of carbonyl (C=O) groups excluding carboxylic acids is 2. The van der Waals surface area contributed by atoms with Crippen LogP contribution in [0, 0.1) is 12.3 Å². The molecule has 2 N–H and O–H groups in total. The number of terminal acetylenes is 1. The Bertz CT molecular complexity index is 1260. The summed E-state index contributed by atoms with van der Waals surface area (Å²) in [5.74, 6) is 3.15. The molecule has 1 amide bonds. The number of fused-ring (bicyclic) bond motifs is 2. The maximum absolute atomic E-state index is 12.0. The first-order valence-electron chi connectivity index (χ1n) is 13.6. The quantitative estimate of drug-likeness (QED) is 0.318. The van der Waals surface area contributed by atoms with Crippen molar-refractivity contribution in [2.45, 2.75) is 58.9 Å². The van der Waals surface area contributed by atoms with Gasteiger partial charge in [-0.2, -0.15) is 0 Å². The van der Waals surface area contributed by atoms with Gasteiger partial charge in [-0.15, -0.1) is 12.3 Å². The molecule has 0 fully saturated rings. The van der Waals surface area contributed by atoms with Gasteiger partial charge in [0.15, 0.2) is 0 Å². The van der Waals surface area contributed by atoms with Crippen molar-refractivity contribution in [1.29, 1.82) is 0 Å². The van der Waals surface area contributed by atoms with Crippen LogP contribution in [-0.4, -0.2) is 33.0 Å². The van der Waals surface area contributed by atoms with Gasteiger partial charge < -0.3 is 20.2 Å². The van der Waals surface area contributed by atoms with E-state index in [-0.39, 0.29) is 14.8 Å². The number of nitrogens with one attached hydrogen (secondary N) is 2. The zero-order valence-corrected chi connectivity index (χ0v) is 24.8. The molecule has 1 unspecified atom stereocenters. The normalized spacial score (nSPS) is 16.0.